The minimum absolute atomic E-state index is 0.172. The van der Waals surface area contributed by atoms with Gasteiger partial charge in [0.15, 0.2) is 0 Å². The first-order chi connectivity index (χ1) is 11.8. The topological polar surface area (TPSA) is 50.2 Å². The van der Waals surface area contributed by atoms with E-state index in [2.05, 4.69) is 10.5 Å². The van der Waals surface area contributed by atoms with Crippen molar-refractivity contribution in [2.75, 3.05) is 5.01 Å². The van der Waals surface area contributed by atoms with Crippen LogP contribution in [0.25, 0.3) is 0 Å². The summed E-state index contributed by atoms with van der Waals surface area (Å²) in [6, 6.07) is 19.8. The lowest BCUT2D eigenvalue weighted by Crippen LogP contribution is -2.41. The third-order valence-corrected chi connectivity index (χ3v) is 3.71. The smallest absolute Gasteiger partial charge is 0.272 e. The van der Waals surface area contributed by atoms with E-state index in [1.165, 1.54) is 0 Å². The Hall–Kier alpha value is -3.08. The zero-order chi connectivity index (χ0) is 16.8. The highest BCUT2D eigenvalue weighted by molar-refractivity contribution is 5.94. The van der Waals surface area contributed by atoms with Crippen molar-refractivity contribution in [1.82, 2.24) is 15.2 Å². The zero-order valence-electron chi connectivity index (χ0n) is 13.6. The molecule has 1 aromatic heterocycles. The van der Waals surface area contributed by atoms with Crippen molar-refractivity contribution in [3.63, 3.8) is 0 Å². The van der Waals surface area contributed by atoms with Crippen LogP contribution < -0.4 is 10.4 Å². The van der Waals surface area contributed by atoms with Crippen molar-refractivity contribution in [3.05, 3.63) is 84.2 Å². The van der Waals surface area contributed by atoms with Gasteiger partial charge in [0.25, 0.3) is 5.91 Å². The maximum absolute atomic E-state index is 12.5. The Bertz CT molecular complexity index is 783. The number of hydrogen-bond acceptors (Lipinski definition) is 3. The fourth-order valence-corrected chi connectivity index (χ4v) is 2.41. The maximum Gasteiger partial charge on any atom is 0.272 e. The molecule has 0 bridgehead atoms. The fourth-order valence-electron chi connectivity index (χ4n) is 2.41. The second-order valence-electron chi connectivity index (χ2n) is 5.43. The number of rotatable bonds is 6. The van der Waals surface area contributed by atoms with Crippen LogP contribution in [0.2, 0.25) is 0 Å². The van der Waals surface area contributed by atoms with Gasteiger partial charge in [-0.05, 0) is 24.6 Å². The van der Waals surface area contributed by atoms with Crippen molar-refractivity contribution in [2.45, 2.75) is 20.0 Å². The van der Waals surface area contributed by atoms with Crippen LogP contribution in [0.5, 0.6) is 0 Å². The molecular formula is C19H20N4O. The van der Waals surface area contributed by atoms with Crippen LogP contribution in [-0.2, 0) is 13.1 Å². The number of aryl methyl sites for hydroxylation is 1. The van der Waals surface area contributed by atoms with Gasteiger partial charge in [0.2, 0.25) is 0 Å². The van der Waals surface area contributed by atoms with Gasteiger partial charge >= 0.3 is 0 Å². The number of amides is 1. The number of anilines is 1. The Kier molecular flexibility index (Phi) is 4.91. The molecule has 0 aliphatic carbocycles. The number of nitrogens with one attached hydrogen (secondary N) is 1. The predicted octanol–water partition coefficient (Wildman–Crippen LogP) is 3.25. The van der Waals surface area contributed by atoms with Gasteiger partial charge in [-0.25, -0.2) is 0 Å². The van der Waals surface area contributed by atoms with Gasteiger partial charge in [-0.1, -0.05) is 48.5 Å². The summed E-state index contributed by atoms with van der Waals surface area (Å²) in [6.45, 7) is 3.30. The van der Waals surface area contributed by atoms with Gasteiger partial charge in [0.1, 0.15) is 0 Å². The number of carbonyl (C=O) groups is 1. The van der Waals surface area contributed by atoms with Crippen molar-refractivity contribution < 1.29 is 4.79 Å². The number of para-hydroxylation sites is 1. The van der Waals surface area contributed by atoms with Crippen molar-refractivity contribution in [2.24, 2.45) is 0 Å². The second kappa shape index (κ2) is 7.46. The molecule has 3 aromatic rings. The van der Waals surface area contributed by atoms with Crippen molar-refractivity contribution in [3.8, 4) is 0 Å². The lowest BCUT2D eigenvalue weighted by Gasteiger charge is -2.25. The van der Waals surface area contributed by atoms with E-state index in [0.29, 0.717) is 12.1 Å². The van der Waals surface area contributed by atoms with E-state index in [9.17, 15) is 4.79 Å². The summed E-state index contributed by atoms with van der Waals surface area (Å²) < 4.78 is 1.74. The van der Waals surface area contributed by atoms with Gasteiger partial charge < -0.3 is 0 Å². The van der Waals surface area contributed by atoms with Crippen LogP contribution in [0.4, 0.5) is 5.69 Å². The lowest BCUT2D eigenvalue weighted by molar-refractivity contribution is 0.0948. The van der Waals surface area contributed by atoms with Crippen LogP contribution in [-0.4, -0.2) is 15.7 Å². The molecule has 0 radical (unpaired) electrons. The highest BCUT2D eigenvalue weighted by atomic mass is 16.2. The molecule has 1 N–H and O–H groups in total. The first kappa shape index (κ1) is 15.8. The number of nitrogens with zero attached hydrogens (tertiary/aromatic N) is 3. The molecule has 0 fully saturated rings. The Labute approximate surface area is 141 Å². The second-order valence-corrected chi connectivity index (χ2v) is 5.43. The van der Waals surface area contributed by atoms with Gasteiger partial charge in [0.05, 0.1) is 24.0 Å². The maximum atomic E-state index is 12.5. The van der Waals surface area contributed by atoms with Gasteiger partial charge in [-0.3, -0.25) is 19.9 Å². The number of hydrogen-bond donors (Lipinski definition) is 1. The van der Waals surface area contributed by atoms with E-state index in [4.69, 9.17) is 0 Å². The van der Waals surface area contributed by atoms with E-state index in [1.807, 2.05) is 72.6 Å². The molecule has 0 aliphatic rings. The molecule has 0 unspecified atom stereocenters. The molecule has 5 heteroatoms. The Morgan fingerprint density at radius 3 is 2.38 bits per heavy atom. The molecule has 5 nitrogen and oxygen atoms in total. The first-order valence-electron chi connectivity index (χ1n) is 7.96. The Balaban J connectivity index is 1.80. The van der Waals surface area contributed by atoms with Crippen LogP contribution in [0.1, 0.15) is 22.8 Å². The predicted molar refractivity (Wildman–Crippen MR) is 94.4 cm³/mol. The van der Waals surface area contributed by atoms with Crippen LogP contribution in [0.3, 0.4) is 0 Å². The molecule has 0 atom stereocenters. The number of aromatic nitrogens is 2. The zero-order valence-corrected chi connectivity index (χ0v) is 13.6. The summed E-state index contributed by atoms with van der Waals surface area (Å²) in [5, 5.41) is 6.01. The molecule has 0 spiro atoms. The van der Waals surface area contributed by atoms with E-state index < -0.39 is 0 Å². The summed E-state index contributed by atoms with van der Waals surface area (Å²) in [5.41, 5.74) is 5.57. The minimum atomic E-state index is -0.172. The molecule has 0 saturated carbocycles. The van der Waals surface area contributed by atoms with Crippen LogP contribution in [0, 0.1) is 0 Å². The average Bonchev–Trinajstić information content (AvgIpc) is 3.12. The fraction of sp³-hybridized carbons (Fsp3) is 0.158. The number of hydrazine groups is 1. The van der Waals surface area contributed by atoms with Crippen LogP contribution in [0.15, 0.2) is 73.1 Å². The summed E-state index contributed by atoms with van der Waals surface area (Å²) >= 11 is 0. The normalized spacial score (nSPS) is 10.4. The molecular weight excluding hydrogens is 300 g/mol. The van der Waals surface area contributed by atoms with E-state index >= 15 is 0 Å². The molecule has 2 aromatic carbocycles. The van der Waals surface area contributed by atoms with Crippen molar-refractivity contribution in [1.29, 1.82) is 0 Å². The highest BCUT2D eigenvalue weighted by Crippen LogP contribution is 2.15. The number of carbonyl (C=O) groups excluding carboxylic acids is 1. The standard InChI is InChI=1S/C19H20N4O/c1-2-22-15-17(13-20-22)19(24)21-23(18-11-7-4-8-12-18)14-16-9-5-3-6-10-16/h3-13,15H,2,14H2,1H3,(H,21,24). The van der Waals surface area contributed by atoms with Gasteiger partial charge in [-0.2, -0.15) is 5.10 Å². The van der Waals surface area contributed by atoms with Gasteiger partial charge in [-0.15, -0.1) is 0 Å². The Morgan fingerprint density at radius 2 is 1.75 bits per heavy atom. The Morgan fingerprint density at radius 1 is 1.08 bits per heavy atom. The number of benzene rings is 2. The monoisotopic (exact) mass is 320 g/mol. The largest absolute Gasteiger partial charge is 0.281 e. The SMILES string of the molecule is CCn1cc(C(=O)NN(Cc2ccccc2)c2ccccc2)cn1. The van der Waals surface area contributed by atoms with Crippen LogP contribution >= 0.6 is 0 Å². The van der Waals surface area contributed by atoms with E-state index in [1.54, 1.807) is 17.1 Å². The molecule has 0 saturated heterocycles. The molecule has 3 rings (SSSR count). The summed E-state index contributed by atoms with van der Waals surface area (Å²) in [6.07, 6.45) is 3.34. The average molecular weight is 320 g/mol. The van der Waals surface area contributed by atoms with Crippen molar-refractivity contribution >= 4 is 11.6 Å². The lowest BCUT2D eigenvalue weighted by atomic mass is 10.2. The summed E-state index contributed by atoms with van der Waals surface area (Å²) in [7, 11) is 0. The third kappa shape index (κ3) is 3.81. The van der Waals surface area contributed by atoms with Gasteiger partial charge in [0, 0.05) is 12.7 Å². The molecule has 122 valence electrons. The molecule has 1 heterocycles. The van der Waals surface area contributed by atoms with E-state index in [0.717, 1.165) is 17.8 Å². The molecule has 1 amide bonds. The quantitative estimate of drug-likeness (QED) is 0.709. The molecule has 24 heavy (non-hydrogen) atoms. The minimum Gasteiger partial charge on any atom is -0.281 e. The van der Waals surface area contributed by atoms with E-state index in [-0.39, 0.29) is 5.91 Å². The highest BCUT2D eigenvalue weighted by Gasteiger charge is 2.14. The molecule has 0 aliphatic heterocycles. The first-order valence-corrected chi connectivity index (χ1v) is 7.96. The third-order valence-electron chi connectivity index (χ3n) is 3.71. The summed E-state index contributed by atoms with van der Waals surface area (Å²) in [4.78, 5) is 12.5. The summed E-state index contributed by atoms with van der Waals surface area (Å²) in [5.74, 6) is -0.172.